The van der Waals surface area contributed by atoms with Crippen molar-refractivity contribution in [1.82, 2.24) is 14.8 Å². The van der Waals surface area contributed by atoms with Crippen LogP contribution in [0, 0.1) is 0 Å². The van der Waals surface area contributed by atoms with E-state index in [1.54, 1.807) is 12.1 Å². The van der Waals surface area contributed by atoms with Gasteiger partial charge in [0.05, 0.1) is 0 Å². The van der Waals surface area contributed by atoms with Crippen molar-refractivity contribution in [1.29, 1.82) is 0 Å². The summed E-state index contributed by atoms with van der Waals surface area (Å²) in [6.07, 6.45) is 4.77. The fourth-order valence-corrected chi connectivity index (χ4v) is 3.29. The van der Waals surface area contributed by atoms with Crippen LogP contribution in [0.15, 0.2) is 23.0 Å². The maximum atomic E-state index is 12.4. The highest BCUT2D eigenvalue weighted by atomic mass is 16.2. The summed E-state index contributed by atoms with van der Waals surface area (Å²) in [5.74, 6) is -0.0494. The zero-order chi connectivity index (χ0) is 13.9. The number of amides is 1. The number of carbonyl (C=O) groups excluding carboxylic acids is 1. The van der Waals surface area contributed by atoms with Gasteiger partial charge in [-0.25, -0.2) is 0 Å². The fraction of sp³-hybridized carbons (Fsp3) is 0.600. The Hall–Kier alpha value is -1.62. The smallest absolute Gasteiger partial charge is 0.270 e. The molecule has 0 radical (unpaired) electrons. The van der Waals surface area contributed by atoms with Crippen molar-refractivity contribution < 1.29 is 4.79 Å². The first kappa shape index (κ1) is 13.4. The van der Waals surface area contributed by atoms with Crippen LogP contribution in [0.5, 0.6) is 0 Å². The van der Waals surface area contributed by atoms with Crippen molar-refractivity contribution in [3.8, 4) is 0 Å². The molecular weight excluding hydrogens is 254 g/mol. The molecule has 2 fully saturated rings. The number of piperidine rings is 1. The predicted octanol–water partition coefficient (Wildman–Crippen LogP) is 1.08. The minimum absolute atomic E-state index is 0.0494. The van der Waals surface area contributed by atoms with Crippen molar-refractivity contribution in [2.75, 3.05) is 26.2 Å². The lowest BCUT2D eigenvalue weighted by atomic mass is 10.0. The number of carbonyl (C=O) groups is 1. The Balaban J connectivity index is 1.70. The molecule has 5 heteroatoms. The Bertz CT molecular complexity index is 534. The number of aromatic nitrogens is 1. The highest BCUT2D eigenvalue weighted by Crippen LogP contribution is 2.21. The summed E-state index contributed by atoms with van der Waals surface area (Å²) >= 11 is 0. The molecule has 5 nitrogen and oxygen atoms in total. The maximum absolute atomic E-state index is 12.4. The van der Waals surface area contributed by atoms with Gasteiger partial charge in [-0.3, -0.25) is 14.5 Å². The summed E-state index contributed by atoms with van der Waals surface area (Å²) in [5, 5.41) is 0. The van der Waals surface area contributed by atoms with E-state index in [0.29, 0.717) is 11.7 Å². The molecule has 1 atom stereocenters. The molecule has 20 heavy (non-hydrogen) atoms. The molecule has 1 aromatic heterocycles. The van der Waals surface area contributed by atoms with Crippen LogP contribution in [0.2, 0.25) is 0 Å². The van der Waals surface area contributed by atoms with Gasteiger partial charge in [-0.15, -0.1) is 0 Å². The summed E-state index contributed by atoms with van der Waals surface area (Å²) in [7, 11) is 0. The molecule has 2 saturated heterocycles. The van der Waals surface area contributed by atoms with Crippen LogP contribution in [-0.2, 0) is 0 Å². The molecule has 3 heterocycles. The number of nitrogens with zero attached hydrogens (tertiary/aromatic N) is 2. The second-order valence-electron chi connectivity index (χ2n) is 5.72. The third kappa shape index (κ3) is 2.77. The molecule has 1 aromatic rings. The second-order valence-corrected chi connectivity index (χ2v) is 5.72. The highest BCUT2D eigenvalue weighted by Gasteiger charge is 2.29. The van der Waals surface area contributed by atoms with E-state index in [0.717, 1.165) is 32.6 Å². The minimum Gasteiger partial charge on any atom is -0.336 e. The van der Waals surface area contributed by atoms with Crippen molar-refractivity contribution in [2.45, 2.75) is 31.7 Å². The van der Waals surface area contributed by atoms with Gasteiger partial charge in [0, 0.05) is 25.2 Å². The fourth-order valence-electron chi connectivity index (χ4n) is 3.29. The Morgan fingerprint density at radius 2 is 1.95 bits per heavy atom. The topological polar surface area (TPSA) is 56.4 Å². The number of hydrogen-bond donors (Lipinski definition) is 1. The van der Waals surface area contributed by atoms with Crippen LogP contribution < -0.4 is 5.56 Å². The van der Waals surface area contributed by atoms with E-state index in [4.69, 9.17) is 0 Å². The number of likely N-dealkylation sites (tertiary alicyclic amines) is 2. The van der Waals surface area contributed by atoms with Crippen LogP contribution in [0.3, 0.4) is 0 Å². The van der Waals surface area contributed by atoms with Gasteiger partial charge >= 0.3 is 0 Å². The number of H-pyrrole nitrogens is 1. The van der Waals surface area contributed by atoms with Crippen molar-refractivity contribution in [3.05, 3.63) is 34.2 Å². The zero-order valence-electron chi connectivity index (χ0n) is 11.7. The maximum Gasteiger partial charge on any atom is 0.270 e. The second kappa shape index (κ2) is 5.79. The van der Waals surface area contributed by atoms with E-state index in [1.165, 1.54) is 25.3 Å². The van der Waals surface area contributed by atoms with E-state index in [9.17, 15) is 9.59 Å². The molecule has 108 valence electrons. The Kier molecular flexibility index (Phi) is 3.87. The van der Waals surface area contributed by atoms with Crippen LogP contribution in [0.25, 0.3) is 0 Å². The van der Waals surface area contributed by atoms with Gasteiger partial charge in [0.25, 0.3) is 5.91 Å². The normalized spacial score (nSPS) is 24.0. The molecule has 1 N–H and O–H groups in total. The lowest BCUT2D eigenvalue weighted by Crippen LogP contribution is -2.49. The summed E-state index contributed by atoms with van der Waals surface area (Å²) in [4.78, 5) is 30.8. The average molecular weight is 275 g/mol. The Labute approximate surface area is 118 Å². The van der Waals surface area contributed by atoms with Crippen molar-refractivity contribution >= 4 is 5.91 Å². The first-order chi connectivity index (χ1) is 9.74. The van der Waals surface area contributed by atoms with Gasteiger partial charge in [-0.1, -0.05) is 6.07 Å². The average Bonchev–Trinajstić information content (AvgIpc) is 3.01. The highest BCUT2D eigenvalue weighted by molar-refractivity contribution is 5.92. The molecule has 0 spiro atoms. The van der Waals surface area contributed by atoms with Crippen LogP contribution in [-0.4, -0.2) is 52.9 Å². The van der Waals surface area contributed by atoms with Crippen molar-refractivity contribution in [3.63, 3.8) is 0 Å². The van der Waals surface area contributed by atoms with Crippen LogP contribution in [0.4, 0.5) is 0 Å². The minimum atomic E-state index is -0.219. The Morgan fingerprint density at radius 1 is 1.15 bits per heavy atom. The first-order valence-electron chi connectivity index (χ1n) is 7.47. The molecule has 0 bridgehead atoms. The predicted molar refractivity (Wildman–Crippen MR) is 76.8 cm³/mol. The van der Waals surface area contributed by atoms with Gasteiger partial charge in [-0.2, -0.15) is 0 Å². The summed E-state index contributed by atoms with van der Waals surface area (Å²) in [6.45, 7) is 3.90. The van der Waals surface area contributed by atoms with E-state index < -0.39 is 0 Å². The van der Waals surface area contributed by atoms with Gasteiger partial charge in [0.15, 0.2) is 0 Å². The summed E-state index contributed by atoms with van der Waals surface area (Å²) in [5.41, 5.74) is 0.184. The third-order valence-corrected chi connectivity index (χ3v) is 4.34. The molecule has 1 unspecified atom stereocenters. The largest absolute Gasteiger partial charge is 0.336 e. The van der Waals surface area contributed by atoms with Crippen LogP contribution in [0.1, 0.15) is 36.2 Å². The molecular formula is C15H21N3O2. The number of aromatic amines is 1. The number of pyridine rings is 1. The van der Waals surface area contributed by atoms with Gasteiger partial charge in [-0.05, 0) is 44.8 Å². The number of hydrogen-bond acceptors (Lipinski definition) is 3. The van der Waals surface area contributed by atoms with Gasteiger partial charge in [0.1, 0.15) is 5.69 Å². The van der Waals surface area contributed by atoms with E-state index >= 15 is 0 Å². The molecule has 0 aliphatic carbocycles. The number of nitrogens with one attached hydrogen (secondary N) is 1. The monoisotopic (exact) mass is 275 g/mol. The molecule has 2 aliphatic heterocycles. The summed E-state index contributed by atoms with van der Waals surface area (Å²) < 4.78 is 0. The molecule has 0 aromatic carbocycles. The van der Waals surface area contributed by atoms with Crippen LogP contribution >= 0.6 is 0 Å². The zero-order valence-corrected chi connectivity index (χ0v) is 11.7. The standard InChI is InChI=1S/C15H21N3O2/c19-14-7-3-6-13(16-14)15(20)18-10-4-5-12(11-18)17-8-1-2-9-17/h3,6-7,12H,1-2,4-5,8-11H2,(H,16,19). The van der Waals surface area contributed by atoms with Crippen molar-refractivity contribution in [2.24, 2.45) is 0 Å². The van der Waals surface area contributed by atoms with E-state index in [2.05, 4.69) is 9.88 Å². The molecule has 0 saturated carbocycles. The molecule has 1 amide bonds. The molecule has 2 aliphatic rings. The third-order valence-electron chi connectivity index (χ3n) is 4.34. The quantitative estimate of drug-likeness (QED) is 0.878. The SMILES string of the molecule is O=C(c1cccc(=O)[nH]1)N1CCCC(N2CCCC2)C1. The van der Waals surface area contributed by atoms with E-state index in [-0.39, 0.29) is 11.5 Å². The molecule has 3 rings (SSSR count). The van der Waals surface area contributed by atoms with Gasteiger partial charge < -0.3 is 9.88 Å². The van der Waals surface area contributed by atoms with Gasteiger partial charge in [0.2, 0.25) is 5.56 Å². The lowest BCUT2D eigenvalue weighted by Gasteiger charge is -2.37. The Morgan fingerprint density at radius 3 is 2.70 bits per heavy atom. The van der Waals surface area contributed by atoms with E-state index in [1.807, 2.05) is 4.90 Å². The first-order valence-corrected chi connectivity index (χ1v) is 7.47. The summed E-state index contributed by atoms with van der Waals surface area (Å²) in [6, 6.07) is 5.24. The number of rotatable bonds is 2. The lowest BCUT2D eigenvalue weighted by molar-refractivity contribution is 0.0602.